The van der Waals surface area contributed by atoms with Crippen molar-refractivity contribution in [3.05, 3.63) is 24.8 Å². The number of benzene rings is 1. The third kappa shape index (κ3) is 5.01. The Morgan fingerprint density at radius 2 is 1.85 bits per heavy atom. The molecule has 0 aromatic heterocycles. The van der Waals surface area contributed by atoms with Gasteiger partial charge < -0.3 is 10.4 Å². The van der Waals surface area contributed by atoms with Crippen LogP contribution in [0.5, 0.6) is 5.75 Å². The van der Waals surface area contributed by atoms with Crippen LogP contribution in [0.2, 0.25) is 0 Å². The molecule has 0 radical (unpaired) electrons. The van der Waals surface area contributed by atoms with Gasteiger partial charge in [0.15, 0.2) is 0 Å². The molecule has 20 heavy (non-hydrogen) atoms. The number of hydrogen-bond acceptors (Lipinski definition) is 3. The molecule has 0 saturated carbocycles. The summed E-state index contributed by atoms with van der Waals surface area (Å²) in [6.07, 6.45) is 1.03. The zero-order valence-electron chi connectivity index (χ0n) is 11.2. The van der Waals surface area contributed by atoms with Crippen LogP contribution in [0, 0.1) is 7.14 Å². The Hall–Kier alpha value is 0.980. The van der Waals surface area contributed by atoms with E-state index < -0.39 is 0 Å². The summed E-state index contributed by atoms with van der Waals surface area (Å²) in [6, 6.07) is 4.47. The summed E-state index contributed by atoms with van der Waals surface area (Å²) in [5.41, 5.74) is 1.08. The van der Waals surface area contributed by atoms with Crippen molar-refractivity contribution in [1.29, 1.82) is 0 Å². The number of piperazine rings is 1. The lowest BCUT2D eigenvalue weighted by atomic mass is 10.0. The molecule has 1 aromatic rings. The summed E-state index contributed by atoms with van der Waals surface area (Å²) in [7, 11) is 0. The van der Waals surface area contributed by atoms with E-state index in [1.54, 1.807) is 0 Å². The molecule has 1 aromatic carbocycles. The van der Waals surface area contributed by atoms with Crippen molar-refractivity contribution in [3.8, 4) is 5.75 Å². The highest BCUT2D eigenvalue weighted by Gasteiger charge is 2.24. The van der Waals surface area contributed by atoms with E-state index in [0.717, 1.165) is 41.7 Å². The van der Waals surface area contributed by atoms with E-state index in [4.69, 9.17) is 0 Å². The van der Waals surface area contributed by atoms with E-state index in [0.29, 0.717) is 11.8 Å². The maximum Gasteiger partial charge on any atom is 0.133 e. The Bertz CT molecular complexity index is 429. The molecule has 0 unspecified atom stereocenters. The van der Waals surface area contributed by atoms with Crippen LogP contribution < -0.4 is 5.32 Å². The van der Waals surface area contributed by atoms with E-state index in [1.807, 2.05) is 6.07 Å². The zero-order chi connectivity index (χ0) is 13.1. The molecule has 3 nitrogen and oxygen atoms in total. The summed E-state index contributed by atoms with van der Waals surface area (Å²) in [4.78, 5) is 2.47. The number of nitrogens with zero attached hydrogens (tertiary/aromatic N) is 1. The average Bonchev–Trinajstić information content (AvgIpc) is 2.37. The van der Waals surface area contributed by atoms with Crippen molar-refractivity contribution in [1.82, 2.24) is 10.2 Å². The first-order valence-electron chi connectivity index (χ1n) is 6.26. The number of rotatable bonds is 3. The van der Waals surface area contributed by atoms with Crippen LogP contribution in [0.3, 0.4) is 0 Å². The van der Waals surface area contributed by atoms with Crippen LogP contribution in [-0.2, 0) is 0 Å². The topological polar surface area (TPSA) is 35.5 Å². The zero-order valence-corrected chi connectivity index (χ0v) is 17.2. The summed E-state index contributed by atoms with van der Waals surface area (Å²) in [5.74, 6) is 0.460. The Kier molecular flexibility index (Phi) is 10.4. The molecule has 1 atom stereocenters. The molecule has 1 fully saturated rings. The third-order valence-electron chi connectivity index (χ3n) is 3.40. The van der Waals surface area contributed by atoms with Gasteiger partial charge in [-0.15, -0.1) is 24.8 Å². The molecule has 1 heterocycles. The number of hydrogen-bond donors (Lipinski definition) is 2. The van der Waals surface area contributed by atoms with Crippen molar-refractivity contribution in [2.45, 2.75) is 19.4 Å². The summed E-state index contributed by atoms with van der Waals surface area (Å²) in [5, 5.41) is 13.7. The second kappa shape index (κ2) is 9.89. The van der Waals surface area contributed by atoms with Gasteiger partial charge in [-0.05, 0) is 63.7 Å². The maximum atomic E-state index is 10.3. The van der Waals surface area contributed by atoms with Gasteiger partial charge in [0, 0.05) is 41.4 Å². The number of phenols is 1. The highest BCUT2D eigenvalue weighted by Crippen LogP contribution is 2.35. The van der Waals surface area contributed by atoms with E-state index in [-0.39, 0.29) is 24.8 Å². The second-order valence-corrected chi connectivity index (χ2v) is 6.94. The number of nitrogens with one attached hydrogen (secondary N) is 1. The minimum atomic E-state index is 0. The first kappa shape index (κ1) is 21.0. The van der Waals surface area contributed by atoms with E-state index in [2.05, 4.69) is 68.4 Å². The van der Waals surface area contributed by atoms with E-state index in [1.165, 1.54) is 3.57 Å². The molecule has 2 rings (SSSR count). The Morgan fingerprint density at radius 1 is 1.25 bits per heavy atom. The summed E-state index contributed by atoms with van der Waals surface area (Å²) in [6.45, 7) is 6.38. The largest absolute Gasteiger partial charge is 0.506 e. The molecule has 0 amide bonds. The van der Waals surface area contributed by atoms with Crippen LogP contribution in [0.15, 0.2) is 12.1 Å². The van der Waals surface area contributed by atoms with Crippen LogP contribution in [0.25, 0.3) is 0 Å². The molecule has 1 aliphatic rings. The second-order valence-electron chi connectivity index (χ2n) is 4.54. The van der Waals surface area contributed by atoms with E-state index >= 15 is 0 Å². The fourth-order valence-corrected chi connectivity index (χ4v) is 4.40. The van der Waals surface area contributed by atoms with Crippen molar-refractivity contribution in [2.75, 3.05) is 26.2 Å². The molecule has 1 saturated heterocycles. The summed E-state index contributed by atoms with van der Waals surface area (Å²) >= 11 is 4.53. The van der Waals surface area contributed by atoms with Gasteiger partial charge in [-0.2, -0.15) is 0 Å². The highest BCUT2D eigenvalue weighted by atomic mass is 127. The number of aromatic hydroxyl groups is 1. The monoisotopic (exact) mass is 544 g/mol. The van der Waals surface area contributed by atoms with Crippen molar-refractivity contribution in [3.63, 3.8) is 0 Å². The lowest BCUT2D eigenvalue weighted by Crippen LogP contribution is -2.45. The molecule has 7 heteroatoms. The van der Waals surface area contributed by atoms with Gasteiger partial charge in [0.05, 0.1) is 3.57 Å². The predicted octanol–water partition coefficient (Wildman–Crippen LogP) is 3.80. The van der Waals surface area contributed by atoms with Gasteiger partial charge in [-0.3, -0.25) is 4.90 Å². The lowest BCUT2D eigenvalue weighted by Gasteiger charge is -2.35. The number of halogens is 4. The predicted molar refractivity (Wildman–Crippen MR) is 106 cm³/mol. The van der Waals surface area contributed by atoms with Crippen molar-refractivity contribution >= 4 is 70.0 Å². The highest BCUT2D eigenvalue weighted by molar-refractivity contribution is 14.1. The van der Waals surface area contributed by atoms with Gasteiger partial charge in [0.25, 0.3) is 0 Å². The van der Waals surface area contributed by atoms with Gasteiger partial charge in [0.1, 0.15) is 5.75 Å². The minimum absolute atomic E-state index is 0. The quantitative estimate of drug-likeness (QED) is 0.568. The van der Waals surface area contributed by atoms with Gasteiger partial charge >= 0.3 is 0 Å². The molecule has 1 aliphatic heterocycles. The average molecular weight is 545 g/mol. The Morgan fingerprint density at radius 3 is 2.40 bits per heavy atom. The fourth-order valence-electron chi connectivity index (χ4n) is 2.51. The molecular weight excluding hydrogens is 525 g/mol. The van der Waals surface area contributed by atoms with Gasteiger partial charge in [-0.25, -0.2) is 0 Å². The molecule has 0 aliphatic carbocycles. The summed E-state index contributed by atoms with van der Waals surface area (Å²) < 4.78 is 2.14. The smallest absolute Gasteiger partial charge is 0.133 e. The third-order valence-corrected chi connectivity index (χ3v) is 4.84. The van der Waals surface area contributed by atoms with Crippen LogP contribution in [0.1, 0.15) is 24.9 Å². The molecule has 0 bridgehead atoms. The van der Waals surface area contributed by atoms with Crippen LogP contribution in [-0.4, -0.2) is 36.2 Å². The maximum absolute atomic E-state index is 10.3. The number of phenolic OH excluding ortho intramolecular Hbond substituents is 1. The Balaban J connectivity index is 0.00000180. The van der Waals surface area contributed by atoms with Gasteiger partial charge in [-0.1, -0.05) is 6.92 Å². The SMILES string of the molecule is CC[C@H](c1cc(I)cc(I)c1O)N1CCNCC1.Cl.Cl. The standard InChI is InChI=1S/C13H18I2N2O.2ClH/c1-2-12(17-5-3-16-4-6-17)10-7-9(14)8-11(15)13(10)18;;/h7-8,12,16,18H,2-6H2,1H3;2*1H/t12-;;/m1../s1. The molecular formula is C13H20Cl2I2N2O. The molecule has 116 valence electrons. The van der Waals surface area contributed by atoms with Crippen LogP contribution in [0.4, 0.5) is 0 Å². The van der Waals surface area contributed by atoms with Gasteiger partial charge in [0.2, 0.25) is 0 Å². The van der Waals surface area contributed by atoms with Crippen molar-refractivity contribution < 1.29 is 5.11 Å². The first-order valence-corrected chi connectivity index (χ1v) is 8.42. The minimum Gasteiger partial charge on any atom is -0.506 e. The normalized spacial score (nSPS) is 16.9. The van der Waals surface area contributed by atoms with Crippen molar-refractivity contribution in [2.24, 2.45) is 0 Å². The van der Waals surface area contributed by atoms with E-state index in [9.17, 15) is 5.11 Å². The molecule has 2 N–H and O–H groups in total. The lowest BCUT2D eigenvalue weighted by molar-refractivity contribution is 0.166. The Labute approximate surface area is 160 Å². The fraction of sp³-hybridized carbons (Fsp3) is 0.538. The molecule has 0 spiro atoms. The van der Waals surface area contributed by atoms with Crippen LogP contribution >= 0.6 is 70.0 Å². The first-order chi connectivity index (χ1) is 8.63.